The molecular weight excluding hydrogens is 216 g/mol. The van der Waals surface area contributed by atoms with E-state index >= 15 is 0 Å². The number of fused-ring (bicyclic) bond motifs is 1. The molecule has 1 aromatic carbocycles. The summed E-state index contributed by atoms with van der Waals surface area (Å²) in [6.45, 7) is 3.24. The summed E-state index contributed by atoms with van der Waals surface area (Å²) < 4.78 is 3.15. The molecule has 0 aliphatic heterocycles. The van der Waals surface area contributed by atoms with E-state index in [0.717, 1.165) is 17.2 Å². The van der Waals surface area contributed by atoms with E-state index in [1.165, 1.54) is 35.9 Å². The van der Waals surface area contributed by atoms with Crippen LogP contribution in [0.1, 0.15) is 24.8 Å². The highest BCUT2D eigenvalue weighted by molar-refractivity contribution is 7.71. The van der Waals surface area contributed by atoms with Gasteiger partial charge >= 0.3 is 0 Å². The van der Waals surface area contributed by atoms with Gasteiger partial charge in [0.05, 0.1) is 11.0 Å². The van der Waals surface area contributed by atoms with Crippen molar-refractivity contribution < 1.29 is 0 Å². The Morgan fingerprint density at radius 3 is 2.94 bits per heavy atom. The molecule has 3 rings (SSSR count). The van der Waals surface area contributed by atoms with Crippen molar-refractivity contribution in [3.8, 4) is 0 Å². The summed E-state index contributed by atoms with van der Waals surface area (Å²) in [5.41, 5.74) is 3.77. The number of nitrogens with one attached hydrogen (secondary N) is 1. The van der Waals surface area contributed by atoms with Crippen molar-refractivity contribution in [2.24, 2.45) is 5.92 Å². The van der Waals surface area contributed by atoms with Gasteiger partial charge in [0, 0.05) is 6.54 Å². The lowest BCUT2D eigenvalue weighted by Crippen LogP contribution is -2.18. The van der Waals surface area contributed by atoms with Crippen LogP contribution in [-0.4, -0.2) is 9.55 Å². The molecule has 1 N–H and O–H groups in total. The Balaban J connectivity index is 2.13. The maximum Gasteiger partial charge on any atom is 0.178 e. The SMILES string of the molecule is Cc1cccc2[nH]c(=S)n(CC3CCC3)c12. The van der Waals surface area contributed by atoms with Crippen molar-refractivity contribution in [1.82, 2.24) is 9.55 Å². The number of para-hydroxylation sites is 1. The topological polar surface area (TPSA) is 20.7 Å². The lowest BCUT2D eigenvalue weighted by Gasteiger charge is -2.26. The minimum absolute atomic E-state index is 0.838. The highest BCUT2D eigenvalue weighted by Gasteiger charge is 2.19. The first-order chi connectivity index (χ1) is 7.75. The summed E-state index contributed by atoms with van der Waals surface area (Å²) in [7, 11) is 0. The molecule has 1 heterocycles. The van der Waals surface area contributed by atoms with Crippen LogP contribution in [0.25, 0.3) is 11.0 Å². The van der Waals surface area contributed by atoms with E-state index in [1.54, 1.807) is 0 Å². The van der Waals surface area contributed by atoms with Gasteiger partial charge in [-0.15, -0.1) is 0 Å². The molecule has 1 aliphatic rings. The zero-order valence-corrected chi connectivity index (χ0v) is 10.3. The number of aromatic nitrogens is 2. The fourth-order valence-electron chi connectivity index (χ4n) is 2.51. The average molecular weight is 232 g/mol. The molecule has 1 saturated carbocycles. The normalized spacial score (nSPS) is 16.6. The number of rotatable bonds is 2. The maximum atomic E-state index is 5.41. The van der Waals surface area contributed by atoms with Crippen LogP contribution in [0.15, 0.2) is 18.2 Å². The summed E-state index contributed by atoms with van der Waals surface area (Å²) in [6, 6.07) is 6.34. The van der Waals surface area contributed by atoms with E-state index in [4.69, 9.17) is 12.2 Å². The Labute approximate surface area is 100 Å². The van der Waals surface area contributed by atoms with E-state index < -0.39 is 0 Å². The van der Waals surface area contributed by atoms with Crippen LogP contribution in [0.3, 0.4) is 0 Å². The third kappa shape index (κ3) is 1.50. The Morgan fingerprint density at radius 1 is 1.44 bits per heavy atom. The molecule has 16 heavy (non-hydrogen) atoms. The third-order valence-corrected chi connectivity index (χ3v) is 3.98. The molecule has 0 radical (unpaired) electrons. The highest BCUT2D eigenvalue weighted by atomic mass is 32.1. The number of H-pyrrole nitrogens is 1. The van der Waals surface area contributed by atoms with Crippen LogP contribution in [0.5, 0.6) is 0 Å². The van der Waals surface area contributed by atoms with Crippen molar-refractivity contribution in [2.45, 2.75) is 32.7 Å². The van der Waals surface area contributed by atoms with Crippen LogP contribution in [0.2, 0.25) is 0 Å². The standard InChI is InChI=1S/C13H16N2S/c1-9-4-2-7-11-12(9)15(13(16)14-11)8-10-5-3-6-10/h2,4,7,10H,3,5-6,8H2,1H3,(H,14,16). The minimum Gasteiger partial charge on any atom is -0.331 e. The number of imidazole rings is 1. The minimum atomic E-state index is 0.838. The zero-order chi connectivity index (χ0) is 11.1. The van der Waals surface area contributed by atoms with Crippen LogP contribution in [0, 0.1) is 17.6 Å². The van der Waals surface area contributed by atoms with Gasteiger partial charge in [-0.05, 0) is 49.5 Å². The number of aryl methyl sites for hydroxylation is 1. The van der Waals surface area contributed by atoms with E-state index in [0.29, 0.717) is 0 Å². The van der Waals surface area contributed by atoms with E-state index in [2.05, 4.69) is 34.7 Å². The Morgan fingerprint density at radius 2 is 2.25 bits per heavy atom. The largest absolute Gasteiger partial charge is 0.331 e. The first-order valence-corrected chi connectivity index (χ1v) is 6.34. The van der Waals surface area contributed by atoms with Crippen LogP contribution < -0.4 is 0 Å². The molecule has 0 atom stereocenters. The molecule has 3 heteroatoms. The summed E-state index contributed by atoms with van der Waals surface area (Å²) in [5, 5.41) is 0. The van der Waals surface area contributed by atoms with Crippen LogP contribution in [-0.2, 0) is 6.54 Å². The molecule has 2 nitrogen and oxygen atoms in total. The van der Waals surface area contributed by atoms with Crippen molar-refractivity contribution in [3.63, 3.8) is 0 Å². The molecule has 1 aromatic heterocycles. The van der Waals surface area contributed by atoms with Gasteiger partial charge in [0.1, 0.15) is 0 Å². The molecule has 1 fully saturated rings. The lowest BCUT2D eigenvalue weighted by molar-refractivity contribution is 0.278. The predicted octanol–water partition coefficient (Wildman–Crippen LogP) is 3.81. The van der Waals surface area contributed by atoms with Gasteiger partial charge in [-0.3, -0.25) is 0 Å². The monoisotopic (exact) mass is 232 g/mol. The first kappa shape index (κ1) is 10.1. The van der Waals surface area contributed by atoms with Gasteiger partial charge in [-0.25, -0.2) is 0 Å². The Kier molecular flexibility index (Phi) is 2.36. The number of hydrogen-bond donors (Lipinski definition) is 1. The van der Waals surface area contributed by atoms with Gasteiger partial charge < -0.3 is 9.55 Å². The second kappa shape index (κ2) is 3.74. The Bertz CT molecular complexity index is 575. The quantitative estimate of drug-likeness (QED) is 0.781. The fourth-order valence-corrected chi connectivity index (χ4v) is 2.79. The number of nitrogens with zero attached hydrogens (tertiary/aromatic N) is 1. The highest BCUT2D eigenvalue weighted by Crippen LogP contribution is 2.29. The third-order valence-electron chi connectivity index (χ3n) is 3.66. The lowest BCUT2D eigenvalue weighted by atomic mass is 9.85. The van der Waals surface area contributed by atoms with E-state index in [9.17, 15) is 0 Å². The van der Waals surface area contributed by atoms with Crippen molar-refractivity contribution in [3.05, 3.63) is 28.5 Å². The molecular formula is C13H16N2S. The maximum absolute atomic E-state index is 5.41. The average Bonchev–Trinajstić information content (AvgIpc) is 2.50. The van der Waals surface area contributed by atoms with Crippen LogP contribution >= 0.6 is 12.2 Å². The van der Waals surface area contributed by atoms with Crippen molar-refractivity contribution in [2.75, 3.05) is 0 Å². The summed E-state index contributed by atoms with van der Waals surface area (Å²) in [5.74, 6) is 0.838. The molecule has 84 valence electrons. The molecule has 0 amide bonds. The second-order valence-electron chi connectivity index (χ2n) is 4.81. The van der Waals surface area contributed by atoms with Crippen molar-refractivity contribution >= 4 is 23.3 Å². The molecule has 1 aliphatic carbocycles. The number of benzene rings is 1. The molecule has 0 spiro atoms. The molecule has 2 aromatic rings. The van der Waals surface area contributed by atoms with Gasteiger partial charge in [0.2, 0.25) is 0 Å². The smallest absolute Gasteiger partial charge is 0.178 e. The molecule has 0 unspecified atom stereocenters. The van der Waals surface area contributed by atoms with Gasteiger partial charge in [-0.2, -0.15) is 0 Å². The summed E-state index contributed by atoms with van der Waals surface area (Å²) >= 11 is 5.41. The van der Waals surface area contributed by atoms with Crippen LogP contribution in [0.4, 0.5) is 0 Å². The zero-order valence-electron chi connectivity index (χ0n) is 9.49. The van der Waals surface area contributed by atoms with Crippen molar-refractivity contribution in [1.29, 1.82) is 0 Å². The predicted molar refractivity (Wildman–Crippen MR) is 69.2 cm³/mol. The first-order valence-electron chi connectivity index (χ1n) is 5.94. The number of aromatic amines is 1. The summed E-state index contributed by atoms with van der Waals surface area (Å²) in [4.78, 5) is 3.30. The van der Waals surface area contributed by atoms with Gasteiger partial charge in [0.15, 0.2) is 4.77 Å². The molecule has 0 saturated heterocycles. The van der Waals surface area contributed by atoms with E-state index in [-0.39, 0.29) is 0 Å². The number of hydrogen-bond acceptors (Lipinski definition) is 1. The fraction of sp³-hybridized carbons (Fsp3) is 0.462. The van der Waals surface area contributed by atoms with Gasteiger partial charge in [0.25, 0.3) is 0 Å². The molecule has 0 bridgehead atoms. The van der Waals surface area contributed by atoms with Gasteiger partial charge in [-0.1, -0.05) is 18.6 Å². The second-order valence-corrected chi connectivity index (χ2v) is 5.20. The summed E-state index contributed by atoms with van der Waals surface area (Å²) in [6.07, 6.45) is 4.11. The Hall–Kier alpha value is -1.09. The van der Waals surface area contributed by atoms with E-state index in [1.807, 2.05) is 0 Å².